The first-order valence-corrected chi connectivity index (χ1v) is 5.28. The van der Waals surface area contributed by atoms with Crippen LogP contribution >= 0.6 is 23.8 Å². The van der Waals surface area contributed by atoms with E-state index >= 15 is 0 Å². The minimum absolute atomic E-state index is 0.0597. The predicted molar refractivity (Wildman–Crippen MR) is 63.7 cm³/mol. The van der Waals surface area contributed by atoms with E-state index in [9.17, 15) is 9.18 Å². The third-order valence-corrected chi connectivity index (χ3v) is 2.01. The van der Waals surface area contributed by atoms with E-state index < -0.39 is 12.0 Å². The van der Waals surface area contributed by atoms with Crippen molar-refractivity contribution in [3.63, 3.8) is 0 Å². The normalized spacial score (nSPS) is 9.35. The maximum atomic E-state index is 13.3. The lowest BCUT2D eigenvalue weighted by molar-refractivity contribution is 0.104. The van der Waals surface area contributed by atoms with E-state index in [1.807, 2.05) is 5.16 Å². The highest BCUT2D eigenvalue weighted by Gasteiger charge is 2.13. The summed E-state index contributed by atoms with van der Waals surface area (Å²) in [6, 6.07) is 2.09. The second kappa shape index (κ2) is 6.30. The number of rotatable bonds is 3. The van der Waals surface area contributed by atoms with Crippen LogP contribution in [0.3, 0.4) is 0 Å². The Hall–Kier alpha value is -1.49. The van der Waals surface area contributed by atoms with Gasteiger partial charge in [0.15, 0.2) is 11.6 Å². The zero-order valence-electron chi connectivity index (χ0n) is 8.70. The summed E-state index contributed by atoms with van der Waals surface area (Å²) >= 11 is 10.0. The van der Waals surface area contributed by atoms with Crippen molar-refractivity contribution < 1.29 is 18.7 Å². The minimum Gasteiger partial charge on any atom is -0.434 e. The minimum atomic E-state index is -0.932. The van der Waals surface area contributed by atoms with E-state index in [0.717, 1.165) is 12.1 Å². The summed E-state index contributed by atoms with van der Waals surface area (Å²) in [4.78, 5) is 14.5. The van der Waals surface area contributed by atoms with Crippen LogP contribution in [0.2, 0.25) is 5.02 Å². The molecule has 0 aliphatic carbocycles. The summed E-state index contributed by atoms with van der Waals surface area (Å²) in [5.74, 6) is -0.751. The van der Waals surface area contributed by atoms with Crippen LogP contribution in [-0.2, 0) is 4.74 Å². The maximum absolute atomic E-state index is 13.3. The van der Waals surface area contributed by atoms with Gasteiger partial charge >= 0.3 is 6.16 Å². The van der Waals surface area contributed by atoms with Crippen LogP contribution in [-0.4, -0.2) is 17.9 Å². The van der Waals surface area contributed by atoms with Crippen molar-refractivity contribution in [2.24, 2.45) is 4.99 Å². The molecule has 17 heavy (non-hydrogen) atoms. The number of aliphatic imine (C=N–C) groups is 1. The van der Waals surface area contributed by atoms with Crippen LogP contribution in [0.15, 0.2) is 17.1 Å². The fraction of sp³-hybridized carbons (Fsp3) is 0.200. The Morgan fingerprint density at radius 2 is 2.35 bits per heavy atom. The summed E-state index contributed by atoms with van der Waals surface area (Å²) in [6.07, 6.45) is -0.932. The number of isothiocyanates is 1. The number of hydrogen-bond acceptors (Lipinski definition) is 5. The van der Waals surface area contributed by atoms with E-state index in [1.54, 1.807) is 6.92 Å². The van der Waals surface area contributed by atoms with Gasteiger partial charge in [-0.2, -0.15) is 4.99 Å². The molecule has 4 nitrogen and oxygen atoms in total. The molecular weight excluding hydrogens is 269 g/mol. The van der Waals surface area contributed by atoms with Crippen LogP contribution in [0.5, 0.6) is 5.75 Å². The maximum Gasteiger partial charge on any atom is 0.513 e. The summed E-state index contributed by atoms with van der Waals surface area (Å²) in [7, 11) is 0. The van der Waals surface area contributed by atoms with E-state index in [2.05, 4.69) is 21.9 Å². The number of halogens is 2. The molecule has 90 valence electrons. The van der Waals surface area contributed by atoms with Crippen LogP contribution in [0, 0.1) is 5.82 Å². The average Bonchev–Trinajstić information content (AvgIpc) is 2.25. The molecule has 0 heterocycles. The highest BCUT2D eigenvalue weighted by atomic mass is 35.5. The van der Waals surface area contributed by atoms with Gasteiger partial charge in [0.05, 0.1) is 16.8 Å². The van der Waals surface area contributed by atoms with E-state index in [-0.39, 0.29) is 23.1 Å². The van der Waals surface area contributed by atoms with Crippen molar-refractivity contribution >= 4 is 40.8 Å². The van der Waals surface area contributed by atoms with Crippen molar-refractivity contribution in [1.29, 1.82) is 0 Å². The molecule has 0 N–H and O–H groups in total. The third kappa shape index (κ3) is 3.78. The van der Waals surface area contributed by atoms with Gasteiger partial charge in [0.1, 0.15) is 5.69 Å². The zero-order valence-corrected chi connectivity index (χ0v) is 10.3. The molecule has 0 saturated heterocycles. The number of carbonyl (C=O) groups is 1. The van der Waals surface area contributed by atoms with Crippen molar-refractivity contribution in [2.45, 2.75) is 6.92 Å². The third-order valence-electron chi connectivity index (χ3n) is 1.62. The monoisotopic (exact) mass is 275 g/mol. The largest absolute Gasteiger partial charge is 0.513 e. The van der Waals surface area contributed by atoms with Crippen LogP contribution in [0.4, 0.5) is 14.9 Å². The van der Waals surface area contributed by atoms with Gasteiger partial charge in [0.25, 0.3) is 0 Å². The molecule has 1 aromatic carbocycles. The fourth-order valence-electron chi connectivity index (χ4n) is 0.969. The van der Waals surface area contributed by atoms with Gasteiger partial charge in [-0.3, -0.25) is 0 Å². The Morgan fingerprint density at radius 3 is 2.94 bits per heavy atom. The Kier molecular flexibility index (Phi) is 5.03. The Labute approximate surface area is 107 Å². The number of hydrogen-bond donors (Lipinski definition) is 0. The Balaban J connectivity index is 3.03. The van der Waals surface area contributed by atoms with E-state index in [0.29, 0.717) is 0 Å². The molecule has 0 saturated carbocycles. The topological polar surface area (TPSA) is 47.9 Å². The van der Waals surface area contributed by atoms with Gasteiger partial charge in [0.2, 0.25) is 0 Å². The van der Waals surface area contributed by atoms with E-state index in [1.165, 1.54) is 0 Å². The Morgan fingerprint density at radius 1 is 1.65 bits per heavy atom. The molecular formula is C10H7ClFNO3S. The molecule has 0 fully saturated rings. The van der Waals surface area contributed by atoms with Gasteiger partial charge in [-0.25, -0.2) is 9.18 Å². The quantitative estimate of drug-likeness (QED) is 0.365. The first kappa shape index (κ1) is 13.6. The number of ether oxygens (including phenoxy) is 2. The molecule has 0 atom stereocenters. The highest BCUT2D eigenvalue weighted by Crippen LogP contribution is 2.32. The molecule has 0 amide bonds. The summed E-state index contributed by atoms with van der Waals surface area (Å²) in [5.41, 5.74) is -0.122. The van der Waals surface area contributed by atoms with Gasteiger partial charge in [0, 0.05) is 6.07 Å². The molecule has 0 aromatic heterocycles. The number of thiocarbonyl (C=S) groups is 1. The second-order valence-corrected chi connectivity index (χ2v) is 3.31. The highest BCUT2D eigenvalue weighted by molar-refractivity contribution is 7.78. The molecule has 7 heteroatoms. The number of benzene rings is 1. The summed E-state index contributed by atoms with van der Waals surface area (Å²) < 4.78 is 22.6. The van der Waals surface area contributed by atoms with Crippen LogP contribution < -0.4 is 4.74 Å². The molecule has 0 bridgehead atoms. The van der Waals surface area contributed by atoms with Gasteiger partial charge in [-0.1, -0.05) is 11.6 Å². The first-order valence-electron chi connectivity index (χ1n) is 4.50. The SMILES string of the molecule is CCOC(=O)Oc1cc(N=C=S)c(F)cc1Cl. The Bertz CT molecular complexity index is 489. The second-order valence-electron chi connectivity index (χ2n) is 2.72. The molecule has 0 aliphatic heterocycles. The molecule has 0 radical (unpaired) electrons. The van der Waals surface area contributed by atoms with Gasteiger partial charge in [-0.05, 0) is 25.2 Å². The fourth-order valence-corrected chi connectivity index (χ4v) is 1.26. The van der Waals surface area contributed by atoms with Crippen molar-refractivity contribution in [3.05, 3.63) is 23.0 Å². The van der Waals surface area contributed by atoms with Crippen LogP contribution in [0.25, 0.3) is 0 Å². The summed E-state index contributed by atoms with van der Waals surface area (Å²) in [5, 5.41) is 1.93. The lowest BCUT2D eigenvalue weighted by Crippen LogP contribution is -2.10. The molecule has 0 aliphatic rings. The van der Waals surface area contributed by atoms with Crippen molar-refractivity contribution in [1.82, 2.24) is 0 Å². The van der Waals surface area contributed by atoms with Gasteiger partial charge < -0.3 is 9.47 Å². The molecule has 0 spiro atoms. The van der Waals surface area contributed by atoms with Crippen molar-refractivity contribution in [3.8, 4) is 5.75 Å². The number of nitrogens with zero attached hydrogens (tertiary/aromatic N) is 1. The molecule has 0 unspecified atom stereocenters. The van der Waals surface area contributed by atoms with Crippen molar-refractivity contribution in [2.75, 3.05) is 6.61 Å². The summed E-state index contributed by atoms with van der Waals surface area (Å²) in [6.45, 7) is 1.78. The average molecular weight is 276 g/mol. The lowest BCUT2D eigenvalue weighted by Gasteiger charge is -2.06. The molecule has 1 aromatic rings. The van der Waals surface area contributed by atoms with Crippen LogP contribution in [0.1, 0.15) is 6.92 Å². The first-order chi connectivity index (χ1) is 8.08. The zero-order chi connectivity index (χ0) is 12.8. The number of carbonyl (C=O) groups excluding carboxylic acids is 1. The predicted octanol–water partition coefficient (Wildman–Crippen LogP) is 3.75. The lowest BCUT2D eigenvalue weighted by atomic mass is 10.3. The standard InChI is InChI=1S/C10H7ClFNO3S/c1-2-15-10(14)16-9-4-8(13-5-17)7(12)3-6(9)11/h3-4H,2H2,1H3. The van der Waals surface area contributed by atoms with Gasteiger partial charge in [-0.15, -0.1) is 0 Å². The van der Waals surface area contributed by atoms with E-state index in [4.69, 9.17) is 16.3 Å². The molecule has 1 rings (SSSR count). The smallest absolute Gasteiger partial charge is 0.434 e.